The average Bonchev–Trinajstić information content (AvgIpc) is 2.76. The molecule has 2 atom stereocenters. The molecule has 0 radical (unpaired) electrons. The highest BCUT2D eigenvalue weighted by atomic mass is 16.6. The van der Waals surface area contributed by atoms with Gasteiger partial charge in [0.25, 0.3) is 0 Å². The summed E-state index contributed by atoms with van der Waals surface area (Å²) in [7, 11) is 0. The minimum atomic E-state index is -0.515. The number of ether oxygens (including phenoxy) is 2. The fourth-order valence-electron chi connectivity index (χ4n) is 2.13. The van der Waals surface area contributed by atoms with Crippen LogP contribution in [0.4, 0.5) is 4.79 Å². The van der Waals surface area contributed by atoms with E-state index in [9.17, 15) is 4.79 Å². The van der Waals surface area contributed by atoms with Crippen LogP contribution in [-0.4, -0.2) is 42.4 Å². The summed E-state index contributed by atoms with van der Waals surface area (Å²) in [6.45, 7) is 9.13. The molecule has 1 saturated heterocycles. The van der Waals surface area contributed by atoms with E-state index >= 15 is 0 Å². The van der Waals surface area contributed by atoms with E-state index in [1.54, 1.807) is 4.90 Å². The van der Waals surface area contributed by atoms with Crippen LogP contribution < -0.4 is 0 Å². The van der Waals surface area contributed by atoms with Crippen molar-refractivity contribution in [1.82, 2.24) is 4.90 Å². The summed E-state index contributed by atoms with van der Waals surface area (Å²) in [6.07, 6.45) is 2.71. The number of likely N-dealkylation sites (tertiary alicyclic amines) is 1. The molecule has 0 aromatic heterocycles. The summed E-state index contributed by atoms with van der Waals surface area (Å²) in [5, 5.41) is 9.16. The van der Waals surface area contributed by atoms with Crippen LogP contribution in [0.2, 0.25) is 0 Å². The molecule has 0 aromatic carbocycles. The highest BCUT2D eigenvalue weighted by Crippen LogP contribution is 2.22. The number of unbranched alkanes of at least 4 members (excludes halogenated alkanes) is 2. The minimum Gasteiger partial charge on any atom is -0.444 e. The maximum atomic E-state index is 12.0. The lowest BCUT2D eigenvalue weighted by atomic mass is 10.1. The topological polar surface area (TPSA) is 62.6 Å². The molecule has 0 saturated carbocycles. The molecular weight excluding hydrogens is 256 g/mol. The number of carbonyl (C=O) groups is 1. The molecule has 1 fully saturated rings. The molecule has 1 rings (SSSR count). The van der Waals surface area contributed by atoms with Crippen LogP contribution in [0.25, 0.3) is 0 Å². The van der Waals surface area contributed by atoms with E-state index in [0.29, 0.717) is 19.7 Å². The van der Waals surface area contributed by atoms with Crippen molar-refractivity contribution < 1.29 is 14.3 Å². The Morgan fingerprint density at radius 2 is 2.05 bits per heavy atom. The Morgan fingerprint density at radius 1 is 1.35 bits per heavy atom. The molecule has 5 nitrogen and oxygen atoms in total. The molecule has 5 heteroatoms. The molecule has 0 spiro atoms. The SMILES string of the molecule is CCCCCOC1CN(C(=O)OC(C)(C)C)CC1C#N. The number of rotatable bonds is 5. The van der Waals surface area contributed by atoms with Crippen molar-refractivity contribution in [2.45, 2.75) is 58.7 Å². The zero-order valence-electron chi connectivity index (χ0n) is 13.0. The third kappa shape index (κ3) is 5.38. The second-order valence-corrected chi connectivity index (χ2v) is 6.24. The van der Waals surface area contributed by atoms with Gasteiger partial charge in [0.2, 0.25) is 0 Å². The van der Waals surface area contributed by atoms with E-state index in [1.165, 1.54) is 0 Å². The Hall–Kier alpha value is -1.28. The molecule has 1 aliphatic rings. The molecule has 114 valence electrons. The lowest BCUT2D eigenvalue weighted by Crippen LogP contribution is -2.36. The first-order chi connectivity index (χ1) is 9.37. The Kier molecular flexibility index (Phi) is 6.28. The van der Waals surface area contributed by atoms with Gasteiger partial charge in [0.05, 0.1) is 24.6 Å². The van der Waals surface area contributed by atoms with E-state index in [2.05, 4.69) is 13.0 Å². The van der Waals surface area contributed by atoms with Crippen molar-refractivity contribution in [3.8, 4) is 6.07 Å². The second kappa shape index (κ2) is 7.49. The highest BCUT2D eigenvalue weighted by Gasteiger charge is 2.37. The van der Waals surface area contributed by atoms with Gasteiger partial charge in [-0.15, -0.1) is 0 Å². The van der Waals surface area contributed by atoms with Gasteiger partial charge in [-0.05, 0) is 27.2 Å². The fraction of sp³-hybridized carbons (Fsp3) is 0.867. The third-order valence-corrected chi connectivity index (χ3v) is 3.16. The van der Waals surface area contributed by atoms with Crippen molar-refractivity contribution in [3.05, 3.63) is 0 Å². The third-order valence-electron chi connectivity index (χ3n) is 3.16. The van der Waals surface area contributed by atoms with Crippen LogP contribution in [0.5, 0.6) is 0 Å². The van der Waals surface area contributed by atoms with Crippen LogP contribution in [0.15, 0.2) is 0 Å². The first-order valence-electron chi connectivity index (χ1n) is 7.36. The van der Waals surface area contributed by atoms with Crippen LogP contribution in [0, 0.1) is 17.2 Å². The van der Waals surface area contributed by atoms with Gasteiger partial charge in [-0.2, -0.15) is 5.26 Å². The van der Waals surface area contributed by atoms with Gasteiger partial charge in [-0.25, -0.2) is 4.79 Å². The second-order valence-electron chi connectivity index (χ2n) is 6.24. The Balaban J connectivity index is 2.46. The Morgan fingerprint density at radius 3 is 2.60 bits per heavy atom. The number of nitriles is 1. The molecule has 20 heavy (non-hydrogen) atoms. The van der Waals surface area contributed by atoms with Crippen LogP contribution in [0.3, 0.4) is 0 Å². The molecular formula is C15H26N2O3. The summed E-state index contributed by atoms with van der Waals surface area (Å²) in [5.74, 6) is -0.260. The molecule has 1 aliphatic heterocycles. The summed E-state index contributed by atoms with van der Waals surface area (Å²) >= 11 is 0. The molecule has 1 amide bonds. The normalized spacial score (nSPS) is 22.6. The van der Waals surface area contributed by atoms with Gasteiger partial charge in [-0.1, -0.05) is 19.8 Å². The highest BCUT2D eigenvalue weighted by molar-refractivity contribution is 5.68. The quantitative estimate of drug-likeness (QED) is 0.727. The van der Waals surface area contributed by atoms with Gasteiger partial charge in [-0.3, -0.25) is 0 Å². The summed E-state index contributed by atoms with van der Waals surface area (Å²) in [5.41, 5.74) is -0.515. The number of nitrogens with zero attached hydrogens (tertiary/aromatic N) is 2. The summed E-state index contributed by atoms with van der Waals surface area (Å²) in [6, 6.07) is 2.23. The van der Waals surface area contributed by atoms with Crippen molar-refractivity contribution in [3.63, 3.8) is 0 Å². The zero-order chi connectivity index (χ0) is 15.2. The van der Waals surface area contributed by atoms with Crippen LogP contribution in [-0.2, 0) is 9.47 Å². The zero-order valence-corrected chi connectivity index (χ0v) is 13.0. The number of amides is 1. The van der Waals surface area contributed by atoms with Crippen molar-refractivity contribution in [2.75, 3.05) is 19.7 Å². The smallest absolute Gasteiger partial charge is 0.410 e. The van der Waals surface area contributed by atoms with E-state index in [-0.39, 0.29) is 18.1 Å². The maximum absolute atomic E-state index is 12.0. The molecule has 1 heterocycles. The predicted octanol–water partition coefficient (Wildman–Crippen LogP) is 2.95. The molecule has 2 unspecified atom stereocenters. The van der Waals surface area contributed by atoms with E-state index in [4.69, 9.17) is 14.7 Å². The van der Waals surface area contributed by atoms with E-state index in [1.807, 2.05) is 20.8 Å². The summed E-state index contributed by atoms with van der Waals surface area (Å²) in [4.78, 5) is 13.6. The lowest BCUT2D eigenvalue weighted by molar-refractivity contribution is 0.0192. The monoisotopic (exact) mass is 282 g/mol. The molecule has 0 bridgehead atoms. The van der Waals surface area contributed by atoms with Crippen LogP contribution >= 0.6 is 0 Å². The molecule has 0 aromatic rings. The van der Waals surface area contributed by atoms with Gasteiger partial charge < -0.3 is 14.4 Å². The summed E-state index contributed by atoms with van der Waals surface area (Å²) < 4.78 is 11.1. The van der Waals surface area contributed by atoms with Gasteiger partial charge in [0, 0.05) is 13.2 Å². The standard InChI is InChI=1S/C15H26N2O3/c1-5-6-7-8-19-13-11-17(10-12(13)9-16)14(18)20-15(2,3)4/h12-13H,5-8,10-11H2,1-4H3. The Labute approximate surface area is 121 Å². The first kappa shape index (κ1) is 16.8. The predicted molar refractivity (Wildman–Crippen MR) is 76.2 cm³/mol. The number of hydrogen-bond donors (Lipinski definition) is 0. The van der Waals surface area contributed by atoms with Gasteiger partial charge in [0.15, 0.2) is 0 Å². The van der Waals surface area contributed by atoms with Crippen LogP contribution in [0.1, 0.15) is 47.0 Å². The van der Waals surface area contributed by atoms with Gasteiger partial charge >= 0.3 is 6.09 Å². The average molecular weight is 282 g/mol. The molecule has 0 aliphatic carbocycles. The molecule has 0 N–H and O–H groups in total. The van der Waals surface area contributed by atoms with Crippen molar-refractivity contribution in [2.24, 2.45) is 5.92 Å². The van der Waals surface area contributed by atoms with E-state index in [0.717, 1.165) is 19.3 Å². The van der Waals surface area contributed by atoms with Gasteiger partial charge in [0.1, 0.15) is 5.60 Å². The van der Waals surface area contributed by atoms with Crippen molar-refractivity contribution >= 4 is 6.09 Å². The maximum Gasteiger partial charge on any atom is 0.410 e. The lowest BCUT2D eigenvalue weighted by Gasteiger charge is -2.24. The first-order valence-corrected chi connectivity index (χ1v) is 7.36. The fourth-order valence-corrected chi connectivity index (χ4v) is 2.13. The largest absolute Gasteiger partial charge is 0.444 e. The number of carbonyl (C=O) groups excluding carboxylic acids is 1. The number of hydrogen-bond acceptors (Lipinski definition) is 4. The van der Waals surface area contributed by atoms with E-state index < -0.39 is 5.60 Å². The van der Waals surface area contributed by atoms with Crippen molar-refractivity contribution in [1.29, 1.82) is 5.26 Å². The Bertz CT molecular complexity index is 357. The minimum absolute atomic E-state index is 0.190.